The molecule has 0 N–H and O–H groups in total. The zero-order chi connectivity index (χ0) is 22.1. The molecule has 2 heteroatoms. The molecule has 0 aliphatic heterocycles. The smallest absolute Gasteiger partial charge is 0.150 e. The molecule has 0 radical (unpaired) electrons. The number of hydrogen-bond donors (Lipinski definition) is 0. The maximum absolute atomic E-state index is 11.5. The quantitative estimate of drug-likeness (QED) is 0.383. The van der Waals surface area contributed by atoms with Gasteiger partial charge in [-0.3, -0.25) is 4.79 Å². The van der Waals surface area contributed by atoms with Gasteiger partial charge in [-0.05, 0) is 71.8 Å². The molecule has 2 nitrogen and oxygen atoms in total. The van der Waals surface area contributed by atoms with Crippen LogP contribution >= 0.6 is 0 Å². The minimum absolute atomic E-state index is 0.0651. The summed E-state index contributed by atoms with van der Waals surface area (Å²) in [6.45, 7) is 4.54. The van der Waals surface area contributed by atoms with Crippen molar-refractivity contribution in [2.75, 3.05) is 4.90 Å². The van der Waals surface area contributed by atoms with E-state index in [0.717, 1.165) is 31.1 Å². The standard InChI is InChI=1S/C30H29NO/c1-3-30(4-2)28-19-22(21-32)15-17-26(28)27-18-16-25(20-29(27)30)31(23-11-7-5-8-12-23)24-13-9-6-10-14-24/h5-13,15-21,24H,3-4,14H2,1-2H3. The molecule has 0 spiro atoms. The van der Waals surface area contributed by atoms with Crippen LogP contribution in [0.3, 0.4) is 0 Å². The fraction of sp³-hybridized carbons (Fsp3) is 0.233. The van der Waals surface area contributed by atoms with Gasteiger partial charge in [0.05, 0.1) is 6.04 Å². The summed E-state index contributed by atoms with van der Waals surface area (Å²) in [7, 11) is 0. The second kappa shape index (κ2) is 8.27. The van der Waals surface area contributed by atoms with Crippen LogP contribution in [0.25, 0.3) is 11.1 Å². The first-order valence-electron chi connectivity index (χ1n) is 11.6. The van der Waals surface area contributed by atoms with Gasteiger partial charge in [0.1, 0.15) is 6.29 Å². The first-order chi connectivity index (χ1) is 15.7. The number of benzene rings is 3. The Hall–Kier alpha value is -3.39. The Morgan fingerprint density at radius 1 is 0.875 bits per heavy atom. The molecule has 0 saturated carbocycles. The average Bonchev–Trinajstić information content (AvgIpc) is 3.14. The summed E-state index contributed by atoms with van der Waals surface area (Å²) < 4.78 is 0. The van der Waals surface area contributed by atoms with E-state index in [1.165, 1.54) is 33.6 Å². The topological polar surface area (TPSA) is 20.3 Å². The fourth-order valence-electron chi connectivity index (χ4n) is 5.62. The van der Waals surface area contributed by atoms with Crippen LogP contribution in [0.5, 0.6) is 0 Å². The van der Waals surface area contributed by atoms with Crippen LogP contribution in [-0.4, -0.2) is 12.3 Å². The molecule has 3 aromatic carbocycles. The summed E-state index contributed by atoms with van der Waals surface area (Å²) in [5.74, 6) is 0. The number of anilines is 2. The van der Waals surface area contributed by atoms with E-state index < -0.39 is 0 Å². The lowest BCUT2D eigenvalue weighted by Crippen LogP contribution is -2.30. The molecule has 0 amide bonds. The summed E-state index contributed by atoms with van der Waals surface area (Å²) in [5, 5.41) is 0. The number of aldehydes is 1. The minimum Gasteiger partial charge on any atom is -0.334 e. The predicted molar refractivity (Wildman–Crippen MR) is 134 cm³/mol. The maximum atomic E-state index is 11.5. The van der Waals surface area contributed by atoms with Crippen LogP contribution in [0.2, 0.25) is 0 Å². The van der Waals surface area contributed by atoms with Crippen molar-refractivity contribution >= 4 is 17.7 Å². The Balaban J connectivity index is 1.69. The van der Waals surface area contributed by atoms with Crippen molar-refractivity contribution in [3.8, 4) is 11.1 Å². The summed E-state index contributed by atoms with van der Waals surface area (Å²) in [6, 6.07) is 24.1. The van der Waals surface area contributed by atoms with Crippen molar-refractivity contribution < 1.29 is 4.79 Å². The van der Waals surface area contributed by atoms with E-state index >= 15 is 0 Å². The third kappa shape index (κ3) is 3.14. The van der Waals surface area contributed by atoms with Crippen LogP contribution < -0.4 is 4.90 Å². The number of rotatable bonds is 6. The Bertz CT molecular complexity index is 1200. The van der Waals surface area contributed by atoms with Crippen molar-refractivity contribution in [2.24, 2.45) is 0 Å². The summed E-state index contributed by atoms with van der Waals surface area (Å²) in [4.78, 5) is 14.0. The fourth-order valence-corrected chi connectivity index (χ4v) is 5.62. The minimum atomic E-state index is -0.0651. The molecule has 0 aromatic heterocycles. The van der Waals surface area contributed by atoms with Gasteiger partial charge in [0.25, 0.3) is 0 Å². The Kier molecular flexibility index (Phi) is 5.30. The molecule has 32 heavy (non-hydrogen) atoms. The molecule has 0 bridgehead atoms. The molecule has 3 aromatic rings. The first-order valence-corrected chi connectivity index (χ1v) is 11.6. The van der Waals surface area contributed by atoms with Crippen molar-refractivity contribution in [3.63, 3.8) is 0 Å². The maximum Gasteiger partial charge on any atom is 0.150 e. The molecule has 0 fully saturated rings. The molecule has 5 rings (SSSR count). The van der Waals surface area contributed by atoms with Gasteiger partial charge in [0.15, 0.2) is 0 Å². The van der Waals surface area contributed by atoms with Crippen molar-refractivity contribution in [3.05, 3.63) is 108 Å². The van der Waals surface area contributed by atoms with E-state index in [4.69, 9.17) is 0 Å². The second-order valence-electron chi connectivity index (χ2n) is 8.76. The molecule has 2 aliphatic rings. The number of hydrogen-bond acceptors (Lipinski definition) is 2. The lowest BCUT2D eigenvalue weighted by atomic mass is 9.73. The van der Waals surface area contributed by atoms with Gasteiger partial charge in [-0.15, -0.1) is 0 Å². The number of allylic oxidation sites excluding steroid dienone is 2. The van der Waals surface area contributed by atoms with Crippen LogP contribution in [0.4, 0.5) is 11.4 Å². The Morgan fingerprint density at radius 2 is 1.59 bits per heavy atom. The van der Waals surface area contributed by atoms with Gasteiger partial charge in [-0.25, -0.2) is 0 Å². The average molecular weight is 420 g/mol. The third-order valence-electron chi connectivity index (χ3n) is 7.31. The summed E-state index contributed by atoms with van der Waals surface area (Å²) >= 11 is 0. The zero-order valence-electron chi connectivity index (χ0n) is 18.8. The Labute approximate surface area is 190 Å². The van der Waals surface area contributed by atoms with E-state index in [1.807, 2.05) is 6.07 Å². The van der Waals surface area contributed by atoms with E-state index in [-0.39, 0.29) is 11.5 Å². The third-order valence-corrected chi connectivity index (χ3v) is 7.31. The van der Waals surface area contributed by atoms with Gasteiger partial charge in [0, 0.05) is 22.4 Å². The van der Waals surface area contributed by atoms with Crippen LogP contribution in [0.1, 0.15) is 54.6 Å². The van der Waals surface area contributed by atoms with Gasteiger partial charge in [0.2, 0.25) is 0 Å². The van der Waals surface area contributed by atoms with E-state index in [0.29, 0.717) is 0 Å². The molecule has 160 valence electrons. The van der Waals surface area contributed by atoms with Crippen LogP contribution in [-0.2, 0) is 5.41 Å². The second-order valence-corrected chi connectivity index (χ2v) is 8.76. The van der Waals surface area contributed by atoms with Crippen LogP contribution in [0.15, 0.2) is 91.0 Å². The van der Waals surface area contributed by atoms with Gasteiger partial charge in [-0.1, -0.05) is 74.5 Å². The molecule has 2 aliphatic carbocycles. The highest BCUT2D eigenvalue weighted by molar-refractivity contribution is 5.87. The van der Waals surface area contributed by atoms with Gasteiger partial charge in [-0.2, -0.15) is 0 Å². The molecule has 1 unspecified atom stereocenters. The number of nitrogens with zero attached hydrogens (tertiary/aromatic N) is 1. The highest BCUT2D eigenvalue weighted by Crippen LogP contribution is 2.54. The normalized spacial score (nSPS) is 17.6. The largest absolute Gasteiger partial charge is 0.334 e. The first kappa shape index (κ1) is 20.5. The number of fused-ring (bicyclic) bond motifs is 3. The summed E-state index contributed by atoms with van der Waals surface area (Å²) in [5.41, 5.74) is 8.37. The van der Waals surface area contributed by atoms with Crippen molar-refractivity contribution in [1.29, 1.82) is 0 Å². The molecule has 1 atom stereocenters. The van der Waals surface area contributed by atoms with E-state index in [1.54, 1.807) is 0 Å². The number of carbonyl (C=O) groups is 1. The van der Waals surface area contributed by atoms with Crippen molar-refractivity contribution in [2.45, 2.75) is 44.6 Å². The molecule has 0 saturated heterocycles. The molecular weight excluding hydrogens is 390 g/mol. The van der Waals surface area contributed by atoms with Crippen LogP contribution in [0, 0.1) is 0 Å². The lowest BCUT2D eigenvalue weighted by Gasteiger charge is -2.35. The monoisotopic (exact) mass is 419 g/mol. The van der Waals surface area contributed by atoms with Gasteiger partial charge >= 0.3 is 0 Å². The highest BCUT2D eigenvalue weighted by Gasteiger charge is 2.41. The highest BCUT2D eigenvalue weighted by atomic mass is 16.1. The lowest BCUT2D eigenvalue weighted by molar-refractivity contribution is 0.112. The van der Waals surface area contributed by atoms with Gasteiger partial charge < -0.3 is 4.90 Å². The van der Waals surface area contributed by atoms with E-state index in [2.05, 4.69) is 104 Å². The summed E-state index contributed by atoms with van der Waals surface area (Å²) in [6.07, 6.45) is 12.8. The molecule has 0 heterocycles. The van der Waals surface area contributed by atoms with E-state index in [9.17, 15) is 4.79 Å². The Morgan fingerprint density at radius 3 is 2.25 bits per heavy atom. The SMILES string of the molecule is CCC1(CC)c2cc(C=O)ccc2-c2ccc(N(c3ccccc3)C3C=CC=CC3)cc21. The van der Waals surface area contributed by atoms with Crippen molar-refractivity contribution in [1.82, 2.24) is 0 Å². The molecular formula is C30H29NO. The zero-order valence-corrected chi connectivity index (χ0v) is 18.8. The number of para-hydroxylation sites is 1. The predicted octanol–water partition coefficient (Wildman–Crippen LogP) is 7.61. The number of carbonyl (C=O) groups excluding carboxylic acids is 1.